The number of carbonyl (C=O) groups excluding carboxylic acids is 2. The lowest BCUT2D eigenvalue weighted by Gasteiger charge is -2.28. The first-order valence-electron chi connectivity index (χ1n) is 9.92. The van der Waals surface area contributed by atoms with Crippen molar-refractivity contribution in [3.8, 4) is 0 Å². The molecule has 7 heteroatoms. The number of hydrazone groups is 1. The van der Waals surface area contributed by atoms with Crippen molar-refractivity contribution in [2.45, 2.75) is 38.5 Å². The molecule has 4 rings (SSSR count). The van der Waals surface area contributed by atoms with Gasteiger partial charge in [-0.15, -0.1) is 0 Å². The molecule has 0 aliphatic carbocycles. The maximum absolute atomic E-state index is 12.9. The number of hydrogen-bond acceptors (Lipinski definition) is 5. The number of para-hydroxylation sites is 1. The highest BCUT2D eigenvalue weighted by Gasteiger charge is 2.26. The highest BCUT2D eigenvalue weighted by atomic mass is 16.2. The van der Waals surface area contributed by atoms with E-state index in [0.29, 0.717) is 18.6 Å². The van der Waals surface area contributed by atoms with Crippen LogP contribution in [0, 0.1) is 0 Å². The van der Waals surface area contributed by atoms with Crippen molar-refractivity contribution in [1.29, 1.82) is 0 Å². The number of rotatable bonds is 4. The third-order valence-electron chi connectivity index (χ3n) is 5.62. The Bertz CT molecular complexity index is 729. The molecule has 1 N–H and O–H groups in total. The summed E-state index contributed by atoms with van der Waals surface area (Å²) in [6, 6.07) is 6.28. The second kappa shape index (κ2) is 7.58. The van der Waals surface area contributed by atoms with E-state index in [0.717, 1.165) is 43.2 Å². The van der Waals surface area contributed by atoms with Gasteiger partial charge in [-0.1, -0.05) is 6.07 Å². The highest BCUT2D eigenvalue weighted by Crippen LogP contribution is 2.38. The van der Waals surface area contributed by atoms with Gasteiger partial charge in [0.15, 0.2) is 0 Å². The molecule has 144 valence electrons. The van der Waals surface area contributed by atoms with Gasteiger partial charge in [-0.2, -0.15) is 5.10 Å². The quantitative estimate of drug-likeness (QED) is 0.885. The zero-order chi connectivity index (χ0) is 18.8. The maximum Gasteiger partial charge on any atom is 0.271 e. The van der Waals surface area contributed by atoms with E-state index in [-0.39, 0.29) is 11.8 Å². The van der Waals surface area contributed by atoms with Gasteiger partial charge < -0.3 is 15.1 Å². The first-order valence-corrected chi connectivity index (χ1v) is 9.92. The first-order chi connectivity index (χ1) is 13.1. The summed E-state index contributed by atoms with van der Waals surface area (Å²) in [6.07, 6.45) is 5.44. The molecule has 27 heavy (non-hydrogen) atoms. The van der Waals surface area contributed by atoms with E-state index in [4.69, 9.17) is 0 Å². The molecular formula is C20H27N5O2. The molecule has 7 nitrogen and oxygen atoms in total. The van der Waals surface area contributed by atoms with E-state index in [2.05, 4.69) is 38.4 Å². The van der Waals surface area contributed by atoms with Gasteiger partial charge in [0.1, 0.15) is 5.71 Å². The Labute approximate surface area is 160 Å². The third kappa shape index (κ3) is 3.63. The number of nitrogens with one attached hydrogen (secondary N) is 1. The second-order valence-electron chi connectivity index (χ2n) is 7.48. The van der Waals surface area contributed by atoms with E-state index < -0.39 is 0 Å². The van der Waals surface area contributed by atoms with Crippen molar-refractivity contribution in [1.82, 2.24) is 5.01 Å². The predicted octanol–water partition coefficient (Wildman–Crippen LogP) is 2.43. The van der Waals surface area contributed by atoms with Crippen LogP contribution in [0.2, 0.25) is 0 Å². The van der Waals surface area contributed by atoms with E-state index in [9.17, 15) is 9.59 Å². The van der Waals surface area contributed by atoms with Crippen LogP contribution >= 0.6 is 0 Å². The summed E-state index contributed by atoms with van der Waals surface area (Å²) in [4.78, 5) is 29.3. The van der Waals surface area contributed by atoms with E-state index in [1.807, 2.05) is 0 Å². The summed E-state index contributed by atoms with van der Waals surface area (Å²) in [5, 5.41) is 8.59. The Morgan fingerprint density at radius 3 is 2.04 bits per heavy atom. The smallest absolute Gasteiger partial charge is 0.271 e. The Kier molecular flexibility index (Phi) is 5.01. The van der Waals surface area contributed by atoms with Crippen LogP contribution in [0.5, 0.6) is 0 Å². The summed E-state index contributed by atoms with van der Waals surface area (Å²) in [5.74, 6) is -0.261. The summed E-state index contributed by atoms with van der Waals surface area (Å²) in [7, 11) is 1.60. The lowest BCUT2D eigenvalue weighted by Crippen LogP contribution is -2.35. The summed E-state index contributed by atoms with van der Waals surface area (Å²) < 4.78 is 0. The van der Waals surface area contributed by atoms with Gasteiger partial charge in [0.2, 0.25) is 5.91 Å². The van der Waals surface area contributed by atoms with Crippen molar-refractivity contribution < 1.29 is 9.59 Å². The molecule has 2 saturated heterocycles. The van der Waals surface area contributed by atoms with Crippen LogP contribution in [0.3, 0.4) is 0 Å². The van der Waals surface area contributed by atoms with Gasteiger partial charge >= 0.3 is 0 Å². The minimum absolute atomic E-state index is 0.0539. The molecule has 0 radical (unpaired) electrons. The maximum atomic E-state index is 12.9. The lowest BCUT2D eigenvalue weighted by atomic mass is 10.1. The molecule has 1 aromatic carbocycles. The fourth-order valence-corrected chi connectivity index (χ4v) is 4.12. The summed E-state index contributed by atoms with van der Waals surface area (Å²) in [6.45, 7) is 4.07. The normalized spacial score (nSPS) is 20.3. The van der Waals surface area contributed by atoms with Gasteiger partial charge in [0.05, 0.1) is 17.1 Å². The van der Waals surface area contributed by atoms with Gasteiger partial charge in [0.25, 0.3) is 5.91 Å². The standard InChI is InChI=1S/C20H27N5O2/c1-23-18(26)10-9-15(22-23)20(27)21-19-16(24-11-2-3-12-24)7-6-8-17(19)25-13-4-5-14-25/h6-8H,2-5,9-14H2,1H3,(H,21,27). The molecule has 0 spiro atoms. The minimum Gasteiger partial charge on any atom is -0.370 e. The van der Waals surface area contributed by atoms with Crippen LogP contribution in [0.15, 0.2) is 23.3 Å². The molecule has 0 bridgehead atoms. The summed E-state index contributed by atoms with van der Waals surface area (Å²) in [5.41, 5.74) is 3.48. The molecule has 0 atom stereocenters. The first kappa shape index (κ1) is 17.8. The fraction of sp³-hybridized carbons (Fsp3) is 0.550. The molecule has 0 unspecified atom stereocenters. The van der Waals surface area contributed by atoms with Crippen LogP contribution < -0.4 is 15.1 Å². The molecule has 3 heterocycles. The Morgan fingerprint density at radius 1 is 0.963 bits per heavy atom. The average molecular weight is 369 g/mol. The molecule has 3 aliphatic heterocycles. The minimum atomic E-state index is -0.207. The largest absolute Gasteiger partial charge is 0.370 e. The molecule has 1 aromatic rings. The van der Waals surface area contributed by atoms with Crippen molar-refractivity contribution in [3.05, 3.63) is 18.2 Å². The van der Waals surface area contributed by atoms with E-state index in [1.54, 1.807) is 7.05 Å². The van der Waals surface area contributed by atoms with E-state index in [1.165, 1.54) is 30.7 Å². The molecule has 2 amide bonds. The molecule has 0 aromatic heterocycles. The predicted molar refractivity (Wildman–Crippen MR) is 107 cm³/mol. The molecular weight excluding hydrogens is 342 g/mol. The Hall–Kier alpha value is -2.57. The third-order valence-corrected chi connectivity index (χ3v) is 5.62. The number of benzene rings is 1. The Morgan fingerprint density at radius 2 is 1.52 bits per heavy atom. The lowest BCUT2D eigenvalue weighted by molar-refractivity contribution is -0.130. The van der Waals surface area contributed by atoms with E-state index >= 15 is 0 Å². The number of carbonyl (C=O) groups is 2. The van der Waals surface area contributed by atoms with Crippen molar-refractivity contribution in [2.24, 2.45) is 5.10 Å². The molecule has 3 aliphatic rings. The van der Waals surface area contributed by atoms with Gasteiger partial charge in [-0.05, 0) is 37.8 Å². The van der Waals surface area contributed by atoms with Crippen LogP contribution in [0.1, 0.15) is 38.5 Å². The van der Waals surface area contributed by atoms with Gasteiger partial charge in [0, 0.05) is 46.1 Å². The zero-order valence-electron chi connectivity index (χ0n) is 15.9. The van der Waals surface area contributed by atoms with Crippen molar-refractivity contribution in [2.75, 3.05) is 48.3 Å². The number of nitrogens with zero attached hydrogens (tertiary/aromatic N) is 4. The zero-order valence-corrected chi connectivity index (χ0v) is 15.9. The van der Waals surface area contributed by atoms with Gasteiger partial charge in [-0.3, -0.25) is 9.59 Å². The number of amides is 2. The average Bonchev–Trinajstić information content (AvgIpc) is 3.38. The van der Waals surface area contributed by atoms with Crippen molar-refractivity contribution >= 4 is 34.6 Å². The van der Waals surface area contributed by atoms with Gasteiger partial charge in [-0.25, -0.2) is 5.01 Å². The second-order valence-corrected chi connectivity index (χ2v) is 7.48. The number of hydrogen-bond donors (Lipinski definition) is 1. The topological polar surface area (TPSA) is 68.2 Å². The van der Waals surface area contributed by atoms with Crippen LogP contribution in [0.25, 0.3) is 0 Å². The molecule has 0 saturated carbocycles. The van der Waals surface area contributed by atoms with Crippen LogP contribution in [0.4, 0.5) is 17.1 Å². The monoisotopic (exact) mass is 369 g/mol. The Balaban J connectivity index is 1.65. The van der Waals surface area contributed by atoms with Crippen LogP contribution in [-0.4, -0.2) is 55.8 Å². The fourth-order valence-electron chi connectivity index (χ4n) is 4.12. The summed E-state index contributed by atoms with van der Waals surface area (Å²) >= 11 is 0. The SMILES string of the molecule is CN1N=C(C(=O)Nc2c(N3CCCC3)cccc2N2CCCC2)CCC1=O. The molecule has 2 fully saturated rings. The van der Waals surface area contributed by atoms with Crippen molar-refractivity contribution in [3.63, 3.8) is 0 Å². The van der Waals surface area contributed by atoms with Crippen LogP contribution in [-0.2, 0) is 9.59 Å². The highest BCUT2D eigenvalue weighted by molar-refractivity contribution is 6.44. The number of anilines is 3.